The summed E-state index contributed by atoms with van der Waals surface area (Å²) < 4.78 is 0. The van der Waals surface area contributed by atoms with Gasteiger partial charge in [-0.1, -0.05) is 48.0 Å². The van der Waals surface area contributed by atoms with Crippen LogP contribution in [0.25, 0.3) is 10.8 Å². The van der Waals surface area contributed by atoms with Crippen molar-refractivity contribution in [3.05, 3.63) is 72.3 Å². The number of carbonyl (C=O) groups excluding carboxylic acids is 2. The van der Waals surface area contributed by atoms with Crippen LogP contribution in [0.5, 0.6) is 0 Å². The Labute approximate surface area is 157 Å². The number of amides is 2. The van der Waals surface area contributed by atoms with Crippen LogP contribution in [0.2, 0.25) is 0 Å². The van der Waals surface area contributed by atoms with Crippen molar-refractivity contribution in [2.24, 2.45) is 0 Å². The summed E-state index contributed by atoms with van der Waals surface area (Å²) in [7, 11) is 0. The molecule has 4 nitrogen and oxygen atoms in total. The minimum Gasteiger partial charge on any atom is -0.325 e. The van der Waals surface area contributed by atoms with Crippen molar-refractivity contribution in [2.75, 3.05) is 22.1 Å². The minimum atomic E-state index is -0.117. The van der Waals surface area contributed by atoms with Crippen molar-refractivity contribution in [1.29, 1.82) is 0 Å². The van der Waals surface area contributed by atoms with E-state index in [1.807, 2.05) is 73.7 Å². The number of nitrogens with one attached hydrogen (secondary N) is 2. The number of hydrogen-bond donors (Lipinski definition) is 2. The first-order valence-electron chi connectivity index (χ1n) is 8.33. The van der Waals surface area contributed by atoms with E-state index in [-0.39, 0.29) is 23.3 Å². The zero-order valence-electron chi connectivity index (χ0n) is 14.5. The molecular formula is C21H20N2O2S. The van der Waals surface area contributed by atoms with Gasteiger partial charge in [-0.15, -0.1) is 11.8 Å². The third-order valence-electron chi connectivity index (χ3n) is 3.83. The molecule has 3 rings (SSSR count). The molecule has 0 unspecified atom stereocenters. The van der Waals surface area contributed by atoms with Gasteiger partial charge in [-0.05, 0) is 42.0 Å². The van der Waals surface area contributed by atoms with Crippen LogP contribution in [0.1, 0.15) is 5.56 Å². The minimum absolute atomic E-state index is 0.114. The van der Waals surface area contributed by atoms with Gasteiger partial charge >= 0.3 is 0 Å². The second-order valence-electron chi connectivity index (χ2n) is 6.02. The van der Waals surface area contributed by atoms with Crippen molar-refractivity contribution in [3.8, 4) is 0 Å². The third-order valence-corrected chi connectivity index (χ3v) is 4.77. The number of benzene rings is 3. The molecule has 5 heteroatoms. The lowest BCUT2D eigenvalue weighted by molar-refractivity contribution is -0.114. The quantitative estimate of drug-likeness (QED) is 0.679. The van der Waals surface area contributed by atoms with E-state index >= 15 is 0 Å². The maximum atomic E-state index is 12.1. The first kappa shape index (κ1) is 18.0. The molecule has 0 aliphatic heterocycles. The van der Waals surface area contributed by atoms with Crippen LogP contribution in [-0.4, -0.2) is 23.3 Å². The largest absolute Gasteiger partial charge is 0.325 e. The Morgan fingerprint density at radius 3 is 2.04 bits per heavy atom. The van der Waals surface area contributed by atoms with Gasteiger partial charge in [-0.2, -0.15) is 0 Å². The molecule has 0 aliphatic rings. The first-order chi connectivity index (χ1) is 12.6. The van der Waals surface area contributed by atoms with Crippen molar-refractivity contribution in [1.82, 2.24) is 0 Å². The number of anilines is 2. The van der Waals surface area contributed by atoms with Gasteiger partial charge in [0, 0.05) is 11.4 Å². The van der Waals surface area contributed by atoms with E-state index in [1.54, 1.807) is 0 Å². The van der Waals surface area contributed by atoms with Crippen molar-refractivity contribution >= 4 is 45.7 Å². The summed E-state index contributed by atoms with van der Waals surface area (Å²) in [6.45, 7) is 2.00. The van der Waals surface area contributed by atoms with E-state index in [1.165, 1.54) is 11.8 Å². The lowest BCUT2D eigenvalue weighted by atomic mass is 10.1. The highest BCUT2D eigenvalue weighted by atomic mass is 32.2. The molecule has 2 N–H and O–H groups in total. The average molecular weight is 364 g/mol. The number of fused-ring (bicyclic) bond motifs is 1. The molecular weight excluding hydrogens is 344 g/mol. The van der Waals surface area contributed by atoms with Gasteiger partial charge in [0.1, 0.15) is 0 Å². The van der Waals surface area contributed by atoms with Crippen molar-refractivity contribution in [3.63, 3.8) is 0 Å². The van der Waals surface area contributed by atoms with Crippen LogP contribution >= 0.6 is 11.8 Å². The fraction of sp³-hybridized carbons (Fsp3) is 0.143. The van der Waals surface area contributed by atoms with Crippen molar-refractivity contribution < 1.29 is 9.59 Å². The zero-order chi connectivity index (χ0) is 18.4. The Morgan fingerprint density at radius 1 is 0.769 bits per heavy atom. The van der Waals surface area contributed by atoms with Gasteiger partial charge in [-0.25, -0.2) is 0 Å². The van der Waals surface area contributed by atoms with Gasteiger partial charge < -0.3 is 10.6 Å². The number of thioether (sulfide) groups is 1. The molecule has 26 heavy (non-hydrogen) atoms. The lowest BCUT2D eigenvalue weighted by Crippen LogP contribution is -2.18. The fourth-order valence-corrected chi connectivity index (χ4v) is 3.15. The van der Waals surface area contributed by atoms with E-state index in [2.05, 4.69) is 10.6 Å². The zero-order valence-corrected chi connectivity index (χ0v) is 15.3. The van der Waals surface area contributed by atoms with Crippen LogP contribution < -0.4 is 10.6 Å². The standard InChI is InChI=1S/C21H20N2O2S/c1-15-6-9-18(10-7-15)22-20(24)13-26-14-21(25)23-19-11-8-16-4-2-3-5-17(16)12-19/h2-12H,13-14H2,1H3,(H,22,24)(H,23,25). The normalized spacial score (nSPS) is 10.5. The average Bonchev–Trinajstić information content (AvgIpc) is 2.63. The number of hydrogen-bond acceptors (Lipinski definition) is 3. The molecule has 0 atom stereocenters. The molecule has 0 saturated heterocycles. The predicted molar refractivity (Wildman–Crippen MR) is 110 cm³/mol. The summed E-state index contributed by atoms with van der Waals surface area (Å²) in [6.07, 6.45) is 0. The highest BCUT2D eigenvalue weighted by Gasteiger charge is 2.07. The molecule has 0 heterocycles. The fourth-order valence-electron chi connectivity index (χ4n) is 2.53. The Kier molecular flexibility index (Phi) is 5.92. The molecule has 2 amide bonds. The summed E-state index contributed by atoms with van der Waals surface area (Å²) in [5, 5.41) is 7.90. The van der Waals surface area contributed by atoms with Gasteiger partial charge in [0.15, 0.2) is 0 Å². The number of aryl methyl sites for hydroxylation is 1. The predicted octanol–water partition coefficient (Wildman–Crippen LogP) is 4.46. The van der Waals surface area contributed by atoms with Crippen LogP contribution in [-0.2, 0) is 9.59 Å². The second kappa shape index (κ2) is 8.54. The van der Waals surface area contributed by atoms with Gasteiger partial charge in [0.25, 0.3) is 0 Å². The monoisotopic (exact) mass is 364 g/mol. The third kappa shape index (κ3) is 5.10. The molecule has 0 saturated carbocycles. The first-order valence-corrected chi connectivity index (χ1v) is 9.48. The molecule has 132 valence electrons. The summed E-state index contributed by atoms with van der Waals surface area (Å²) in [5.41, 5.74) is 2.67. The Morgan fingerprint density at radius 2 is 1.35 bits per heavy atom. The summed E-state index contributed by atoms with van der Waals surface area (Å²) in [4.78, 5) is 24.0. The highest BCUT2D eigenvalue weighted by Crippen LogP contribution is 2.19. The molecule has 0 fully saturated rings. The number of carbonyl (C=O) groups is 2. The topological polar surface area (TPSA) is 58.2 Å². The van der Waals surface area contributed by atoms with Crippen LogP contribution in [0, 0.1) is 6.92 Å². The molecule has 0 aromatic heterocycles. The lowest BCUT2D eigenvalue weighted by Gasteiger charge is -2.07. The Hall–Kier alpha value is -2.79. The van der Waals surface area contributed by atoms with Gasteiger partial charge in [0.05, 0.1) is 11.5 Å². The maximum Gasteiger partial charge on any atom is 0.234 e. The van der Waals surface area contributed by atoms with E-state index in [9.17, 15) is 9.59 Å². The highest BCUT2D eigenvalue weighted by molar-refractivity contribution is 8.00. The second-order valence-corrected chi connectivity index (χ2v) is 7.00. The number of rotatable bonds is 6. The molecule has 0 aliphatic carbocycles. The van der Waals surface area contributed by atoms with Gasteiger partial charge in [0.2, 0.25) is 11.8 Å². The van der Waals surface area contributed by atoms with Crippen LogP contribution in [0.3, 0.4) is 0 Å². The molecule has 3 aromatic carbocycles. The van der Waals surface area contributed by atoms with E-state index in [0.717, 1.165) is 27.7 Å². The SMILES string of the molecule is Cc1ccc(NC(=O)CSCC(=O)Nc2ccc3ccccc3c2)cc1. The Bertz CT molecular complexity index is 923. The molecule has 3 aromatic rings. The smallest absolute Gasteiger partial charge is 0.234 e. The van der Waals surface area contributed by atoms with E-state index in [0.29, 0.717) is 0 Å². The van der Waals surface area contributed by atoms with E-state index < -0.39 is 0 Å². The van der Waals surface area contributed by atoms with Crippen LogP contribution in [0.15, 0.2) is 66.7 Å². The molecule has 0 bridgehead atoms. The van der Waals surface area contributed by atoms with E-state index in [4.69, 9.17) is 0 Å². The molecule has 0 spiro atoms. The summed E-state index contributed by atoms with van der Waals surface area (Å²) in [5.74, 6) is 0.235. The van der Waals surface area contributed by atoms with Gasteiger partial charge in [-0.3, -0.25) is 9.59 Å². The summed E-state index contributed by atoms with van der Waals surface area (Å²) in [6, 6.07) is 21.4. The summed E-state index contributed by atoms with van der Waals surface area (Å²) >= 11 is 1.29. The Balaban J connectivity index is 1.44. The van der Waals surface area contributed by atoms with Crippen molar-refractivity contribution in [2.45, 2.75) is 6.92 Å². The van der Waals surface area contributed by atoms with Crippen LogP contribution in [0.4, 0.5) is 11.4 Å². The maximum absolute atomic E-state index is 12.1. The molecule has 0 radical (unpaired) electrons.